The molecule has 0 unspecified atom stereocenters. The Labute approximate surface area is 280 Å². The summed E-state index contributed by atoms with van der Waals surface area (Å²) in [5.41, 5.74) is 3.28. The Morgan fingerprint density at radius 3 is 2.33 bits per heavy atom. The summed E-state index contributed by atoms with van der Waals surface area (Å²) in [6, 6.07) is 18.2. The van der Waals surface area contributed by atoms with Crippen molar-refractivity contribution in [2.45, 2.75) is 39.7 Å². The molecule has 3 aromatic rings. The van der Waals surface area contributed by atoms with E-state index in [9.17, 15) is 14.9 Å². The number of para-hydroxylation sites is 1. The van der Waals surface area contributed by atoms with Gasteiger partial charge >= 0.3 is 0 Å². The van der Waals surface area contributed by atoms with E-state index < -0.39 is 0 Å². The van der Waals surface area contributed by atoms with Gasteiger partial charge in [0.2, 0.25) is 0 Å². The Morgan fingerprint density at radius 2 is 1.67 bits per heavy atom. The van der Waals surface area contributed by atoms with E-state index in [1.807, 2.05) is 42.5 Å². The maximum atomic E-state index is 13.8. The summed E-state index contributed by atoms with van der Waals surface area (Å²) < 4.78 is 13.0. The number of anilines is 2. The molecule has 5 rings (SSSR count). The van der Waals surface area contributed by atoms with Gasteiger partial charge in [0.05, 0.1) is 19.1 Å². The zero-order chi connectivity index (χ0) is 32.8. The quantitative estimate of drug-likeness (QED) is 0.193. The molecule has 2 aliphatic heterocycles. The van der Waals surface area contributed by atoms with Gasteiger partial charge in [0.1, 0.15) is 21.8 Å². The van der Waals surface area contributed by atoms with Crippen LogP contribution in [0.1, 0.15) is 42.0 Å². The van der Waals surface area contributed by atoms with E-state index in [4.69, 9.17) is 21.7 Å². The average molecular weight is 658 g/mol. The summed E-state index contributed by atoms with van der Waals surface area (Å²) in [5.74, 6) is 1.85. The third-order valence-corrected chi connectivity index (χ3v) is 9.88. The van der Waals surface area contributed by atoms with Gasteiger partial charge in [0.25, 0.3) is 11.5 Å². The number of carbonyl (C=O) groups is 1. The number of piperazine rings is 1. The van der Waals surface area contributed by atoms with E-state index in [2.05, 4.69) is 34.9 Å². The van der Waals surface area contributed by atoms with Crippen molar-refractivity contribution in [2.75, 3.05) is 56.7 Å². The molecular formula is C35H39N5O4S2. The van der Waals surface area contributed by atoms with Crippen LogP contribution in [0.2, 0.25) is 0 Å². The summed E-state index contributed by atoms with van der Waals surface area (Å²) in [4.78, 5) is 34.2. The number of methoxy groups -OCH3 is 2. The molecule has 2 saturated heterocycles. The number of amides is 1. The van der Waals surface area contributed by atoms with E-state index in [0.717, 1.165) is 42.9 Å². The number of unbranched alkanes of at least 4 members (excludes halogenated alkanes) is 1. The lowest BCUT2D eigenvalue weighted by molar-refractivity contribution is -0.122. The first-order chi connectivity index (χ1) is 22.3. The Hall–Kier alpha value is -4.27. The molecule has 1 amide bonds. The fraction of sp³-hybridized carbons (Fsp3) is 0.371. The first-order valence-electron chi connectivity index (χ1n) is 15.5. The number of nitriles is 1. The Balaban J connectivity index is 1.47. The maximum absolute atomic E-state index is 13.8. The molecule has 0 bridgehead atoms. The number of aromatic nitrogens is 1. The van der Waals surface area contributed by atoms with Gasteiger partial charge in [0, 0.05) is 50.5 Å². The van der Waals surface area contributed by atoms with Gasteiger partial charge in [-0.15, -0.1) is 0 Å². The van der Waals surface area contributed by atoms with Crippen LogP contribution in [-0.4, -0.2) is 66.6 Å². The number of hydrogen-bond donors (Lipinski definition) is 0. The monoisotopic (exact) mass is 657 g/mol. The summed E-state index contributed by atoms with van der Waals surface area (Å²) >= 11 is 6.93. The molecule has 0 N–H and O–H groups in total. The van der Waals surface area contributed by atoms with Crippen LogP contribution in [0.5, 0.6) is 11.5 Å². The second-order valence-corrected chi connectivity index (χ2v) is 12.9. The minimum atomic E-state index is -0.284. The number of benzene rings is 2. The van der Waals surface area contributed by atoms with Crippen LogP contribution in [0.25, 0.3) is 6.08 Å². The number of ether oxygens (including phenoxy) is 2. The Kier molecular flexibility index (Phi) is 10.7. The largest absolute Gasteiger partial charge is 0.493 e. The van der Waals surface area contributed by atoms with Gasteiger partial charge in [-0.05, 0) is 61.2 Å². The maximum Gasteiger partial charge on any atom is 0.270 e. The van der Waals surface area contributed by atoms with Crippen molar-refractivity contribution >= 4 is 51.8 Å². The zero-order valence-corrected chi connectivity index (χ0v) is 28.4. The topological polar surface area (TPSA) is 91.0 Å². The van der Waals surface area contributed by atoms with Crippen molar-refractivity contribution in [3.8, 4) is 17.6 Å². The van der Waals surface area contributed by atoms with Crippen LogP contribution < -0.4 is 24.8 Å². The van der Waals surface area contributed by atoms with Gasteiger partial charge in [0.15, 0.2) is 11.5 Å². The third kappa shape index (κ3) is 6.78. The molecule has 46 heavy (non-hydrogen) atoms. The fourth-order valence-electron chi connectivity index (χ4n) is 5.92. The van der Waals surface area contributed by atoms with Crippen molar-refractivity contribution in [2.24, 2.45) is 0 Å². The first-order valence-corrected chi connectivity index (χ1v) is 16.7. The zero-order valence-electron chi connectivity index (χ0n) is 26.7. The molecule has 2 aliphatic rings. The Bertz CT molecular complexity index is 1740. The van der Waals surface area contributed by atoms with Crippen LogP contribution in [0.3, 0.4) is 0 Å². The first kappa shape index (κ1) is 33.1. The van der Waals surface area contributed by atoms with E-state index in [1.165, 1.54) is 17.4 Å². The molecule has 0 spiro atoms. The van der Waals surface area contributed by atoms with Crippen molar-refractivity contribution in [3.63, 3.8) is 0 Å². The highest BCUT2D eigenvalue weighted by atomic mass is 32.2. The smallest absolute Gasteiger partial charge is 0.270 e. The minimum absolute atomic E-state index is 0.109. The summed E-state index contributed by atoms with van der Waals surface area (Å²) in [6.07, 6.45) is 4.11. The lowest BCUT2D eigenvalue weighted by atomic mass is 10.0. The van der Waals surface area contributed by atoms with Crippen LogP contribution in [0.15, 0.2) is 58.2 Å². The van der Waals surface area contributed by atoms with Crippen LogP contribution in [0, 0.1) is 18.3 Å². The molecule has 11 heteroatoms. The van der Waals surface area contributed by atoms with Crippen LogP contribution in [0.4, 0.5) is 11.5 Å². The number of nitrogens with zero attached hydrogens (tertiary/aromatic N) is 5. The molecule has 9 nitrogen and oxygen atoms in total. The lowest BCUT2D eigenvalue weighted by Gasteiger charge is -2.39. The minimum Gasteiger partial charge on any atom is -0.493 e. The van der Waals surface area contributed by atoms with Crippen molar-refractivity contribution in [1.82, 2.24) is 9.47 Å². The van der Waals surface area contributed by atoms with Crippen LogP contribution in [-0.2, 0) is 17.8 Å². The van der Waals surface area contributed by atoms with Gasteiger partial charge in [-0.3, -0.25) is 19.1 Å². The highest BCUT2D eigenvalue weighted by molar-refractivity contribution is 8.26. The predicted octanol–water partition coefficient (Wildman–Crippen LogP) is 5.62. The number of hydrogen-bond acceptors (Lipinski definition) is 9. The SMILES string of the molecule is CCCCn1c(N2CCN(c3ccccc3)CC2)c(/C=C2\SC(=S)N(CCc3ccc(OC)c(OC)c3)C2=O)c(C)c(C#N)c1=O. The molecule has 240 valence electrons. The molecule has 0 aliphatic carbocycles. The molecule has 2 fully saturated rings. The molecular weight excluding hydrogens is 619 g/mol. The molecule has 0 saturated carbocycles. The average Bonchev–Trinajstić information content (AvgIpc) is 3.35. The van der Waals surface area contributed by atoms with Crippen molar-refractivity contribution in [3.05, 3.63) is 86.0 Å². The normalized spacial score (nSPS) is 15.9. The van der Waals surface area contributed by atoms with E-state index >= 15 is 0 Å². The van der Waals surface area contributed by atoms with E-state index in [1.54, 1.807) is 30.6 Å². The molecule has 0 radical (unpaired) electrons. The fourth-order valence-corrected chi connectivity index (χ4v) is 7.22. The standard InChI is InChI=1S/C35H39N5O4S2/c1-5-6-15-39-32(38-19-17-37(18-20-38)26-10-8-7-9-11-26)27(24(2)28(23-36)33(39)41)22-31-34(42)40(35(45)46-31)16-14-25-12-13-29(43-3)30(21-25)44-4/h7-13,21-22H,5-6,14-20H2,1-4H3/b31-22-. The Morgan fingerprint density at radius 1 is 0.978 bits per heavy atom. The highest BCUT2D eigenvalue weighted by Crippen LogP contribution is 2.37. The van der Waals surface area contributed by atoms with E-state index in [0.29, 0.717) is 58.9 Å². The predicted molar refractivity (Wildman–Crippen MR) is 189 cm³/mol. The highest BCUT2D eigenvalue weighted by Gasteiger charge is 2.33. The number of pyridine rings is 1. The summed E-state index contributed by atoms with van der Waals surface area (Å²) in [6.45, 7) is 7.73. The summed E-state index contributed by atoms with van der Waals surface area (Å²) in [5, 5.41) is 10.1. The second kappa shape index (κ2) is 14.9. The lowest BCUT2D eigenvalue weighted by Crippen LogP contribution is -2.48. The number of thioether (sulfide) groups is 1. The van der Waals surface area contributed by atoms with Gasteiger partial charge in [-0.25, -0.2) is 0 Å². The number of thiocarbonyl (C=S) groups is 1. The molecule has 0 atom stereocenters. The van der Waals surface area contributed by atoms with Crippen LogP contribution >= 0.6 is 24.0 Å². The number of rotatable bonds is 11. The third-order valence-electron chi connectivity index (χ3n) is 8.50. The van der Waals surface area contributed by atoms with Gasteiger partial charge in [-0.1, -0.05) is 61.6 Å². The number of carbonyl (C=O) groups excluding carboxylic acids is 1. The van der Waals surface area contributed by atoms with Gasteiger partial charge < -0.3 is 19.3 Å². The van der Waals surface area contributed by atoms with Crippen molar-refractivity contribution < 1.29 is 14.3 Å². The van der Waals surface area contributed by atoms with Crippen molar-refractivity contribution in [1.29, 1.82) is 5.26 Å². The molecule has 2 aromatic carbocycles. The summed E-state index contributed by atoms with van der Waals surface area (Å²) in [7, 11) is 3.19. The second-order valence-electron chi connectivity index (χ2n) is 11.2. The van der Waals surface area contributed by atoms with Gasteiger partial charge in [-0.2, -0.15) is 5.26 Å². The van der Waals surface area contributed by atoms with E-state index in [-0.39, 0.29) is 17.0 Å². The molecule has 3 heterocycles. The molecule has 1 aromatic heterocycles.